The van der Waals surface area contributed by atoms with Crippen LogP contribution in [0.5, 0.6) is 5.75 Å². The van der Waals surface area contributed by atoms with E-state index in [0.717, 1.165) is 54.3 Å². The van der Waals surface area contributed by atoms with Crippen molar-refractivity contribution in [2.75, 3.05) is 27.4 Å². The molecule has 0 fully saturated rings. The lowest BCUT2D eigenvalue weighted by Gasteiger charge is -2.34. The molecule has 7 heteroatoms. The van der Waals surface area contributed by atoms with Crippen molar-refractivity contribution in [3.63, 3.8) is 0 Å². The van der Waals surface area contributed by atoms with Crippen LogP contribution in [-0.2, 0) is 16.0 Å². The van der Waals surface area contributed by atoms with Crippen LogP contribution in [0.3, 0.4) is 0 Å². The largest absolute Gasteiger partial charge is 0.495 e. The van der Waals surface area contributed by atoms with Gasteiger partial charge in [-0.05, 0) is 56.0 Å². The fraction of sp³-hybridized carbons (Fsp3) is 0.357. The Morgan fingerprint density at radius 1 is 1.09 bits per heavy atom. The van der Waals surface area contributed by atoms with Crippen molar-refractivity contribution in [3.05, 3.63) is 84.0 Å². The van der Waals surface area contributed by atoms with Gasteiger partial charge in [0.2, 0.25) is 5.72 Å². The molecule has 0 saturated carbocycles. The number of nitrogens with zero attached hydrogens (tertiary/aromatic N) is 4. The molecule has 1 unspecified atom stereocenters. The third-order valence-corrected chi connectivity index (χ3v) is 6.25. The first-order valence-corrected chi connectivity index (χ1v) is 12.0. The van der Waals surface area contributed by atoms with E-state index < -0.39 is 5.72 Å². The molecule has 7 nitrogen and oxygen atoms in total. The van der Waals surface area contributed by atoms with Crippen molar-refractivity contribution in [3.8, 4) is 11.4 Å². The lowest BCUT2D eigenvalue weighted by molar-refractivity contribution is -0.0902. The molecule has 2 heterocycles. The van der Waals surface area contributed by atoms with Crippen LogP contribution in [0.15, 0.2) is 72.3 Å². The van der Waals surface area contributed by atoms with Crippen LogP contribution in [0.2, 0.25) is 0 Å². The molecule has 35 heavy (non-hydrogen) atoms. The Morgan fingerprint density at radius 2 is 1.91 bits per heavy atom. The highest BCUT2D eigenvalue weighted by atomic mass is 16.7. The average Bonchev–Trinajstić information content (AvgIpc) is 3.45. The summed E-state index contributed by atoms with van der Waals surface area (Å²) in [4.78, 5) is 12.6. The second-order valence-corrected chi connectivity index (χ2v) is 8.89. The fourth-order valence-electron chi connectivity index (χ4n) is 4.26. The zero-order valence-corrected chi connectivity index (χ0v) is 21.0. The second kappa shape index (κ2) is 11.2. The van der Waals surface area contributed by atoms with Crippen LogP contribution in [0.1, 0.15) is 36.6 Å². The van der Waals surface area contributed by atoms with Crippen LogP contribution >= 0.6 is 0 Å². The van der Waals surface area contributed by atoms with Crippen molar-refractivity contribution in [2.45, 2.75) is 38.8 Å². The third-order valence-electron chi connectivity index (χ3n) is 6.25. The Bertz CT molecular complexity index is 1170. The van der Waals surface area contributed by atoms with Crippen LogP contribution in [0.4, 0.5) is 0 Å². The van der Waals surface area contributed by atoms with Gasteiger partial charge in [0.05, 0.1) is 24.8 Å². The number of imidazole rings is 1. The van der Waals surface area contributed by atoms with Gasteiger partial charge in [0.15, 0.2) is 5.84 Å². The molecular formula is C28H34N4O3. The Balaban J connectivity index is 1.50. The van der Waals surface area contributed by atoms with Gasteiger partial charge < -0.3 is 23.8 Å². The molecule has 184 valence electrons. The zero-order chi connectivity index (χ0) is 24.7. The van der Waals surface area contributed by atoms with Gasteiger partial charge in [-0.2, -0.15) is 0 Å². The lowest BCUT2D eigenvalue weighted by Crippen LogP contribution is -2.46. The molecular weight excluding hydrogens is 440 g/mol. The van der Waals surface area contributed by atoms with E-state index in [2.05, 4.69) is 52.3 Å². The first-order chi connectivity index (χ1) is 17.0. The summed E-state index contributed by atoms with van der Waals surface area (Å²) in [7, 11) is 3.41. The second-order valence-electron chi connectivity index (χ2n) is 8.89. The number of amidine groups is 1. The number of methoxy groups -OCH3 is 2. The predicted octanol–water partition coefficient (Wildman–Crippen LogP) is 5.23. The number of ether oxygens (including phenoxy) is 2. The first kappa shape index (κ1) is 24.5. The number of benzene rings is 2. The fourth-order valence-corrected chi connectivity index (χ4v) is 4.26. The highest BCUT2D eigenvalue weighted by Crippen LogP contribution is 2.31. The Hall–Kier alpha value is -3.58. The molecule has 1 aliphatic rings. The van der Waals surface area contributed by atoms with E-state index in [1.54, 1.807) is 20.5 Å². The molecule has 4 rings (SSSR count). The molecule has 0 spiro atoms. The Morgan fingerprint density at radius 3 is 2.63 bits per heavy atom. The molecule has 2 aromatic carbocycles. The monoisotopic (exact) mass is 474 g/mol. The summed E-state index contributed by atoms with van der Waals surface area (Å²) in [5.74, 6) is 1.59. The normalized spacial score (nSPS) is 17.6. The summed E-state index contributed by atoms with van der Waals surface area (Å²) in [6, 6.07) is 16.6. The van der Waals surface area contributed by atoms with Crippen LogP contribution in [-0.4, -0.2) is 53.4 Å². The van der Waals surface area contributed by atoms with E-state index in [0.29, 0.717) is 6.61 Å². The molecule has 0 bridgehead atoms. The molecule has 1 atom stereocenters. The van der Waals surface area contributed by atoms with Gasteiger partial charge in [0, 0.05) is 32.9 Å². The van der Waals surface area contributed by atoms with Gasteiger partial charge >= 0.3 is 0 Å². The van der Waals surface area contributed by atoms with Gasteiger partial charge in [-0.3, -0.25) is 0 Å². The maximum absolute atomic E-state index is 6.02. The topological polar surface area (TPSA) is 61.1 Å². The number of aromatic nitrogens is 2. The molecule has 0 saturated heterocycles. The van der Waals surface area contributed by atoms with E-state index >= 15 is 0 Å². The van der Waals surface area contributed by atoms with Gasteiger partial charge in [0.25, 0.3) is 0 Å². The third kappa shape index (κ3) is 5.92. The molecule has 0 radical (unpaired) electrons. The smallest absolute Gasteiger partial charge is 0.208 e. The van der Waals surface area contributed by atoms with Crippen LogP contribution in [0, 0.1) is 6.92 Å². The number of rotatable bonds is 11. The van der Waals surface area contributed by atoms with E-state index in [1.165, 1.54) is 5.56 Å². The predicted molar refractivity (Wildman–Crippen MR) is 139 cm³/mol. The van der Waals surface area contributed by atoms with Gasteiger partial charge in [-0.1, -0.05) is 47.6 Å². The molecule has 0 amide bonds. The first-order valence-electron chi connectivity index (χ1n) is 12.0. The molecule has 1 aliphatic heterocycles. The van der Waals surface area contributed by atoms with E-state index in [9.17, 15) is 0 Å². The number of hydrogen-bond acceptors (Lipinski definition) is 6. The Labute approximate surface area is 207 Å². The van der Waals surface area contributed by atoms with Crippen LogP contribution in [0.25, 0.3) is 11.8 Å². The number of hydrogen-bond donors (Lipinski definition) is 0. The summed E-state index contributed by atoms with van der Waals surface area (Å²) in [5, 5.41) is 4.46. The number of aryl methyl sites for hydroxylation is 2. The van der Waals surface area contributed by atoms with Crippen molar-refractivity contribution in [1.82, 2.24) is 14.5 Å². The van der Waals surface area contributed by atoms with Gasteiger partial charge in [-0.25, -0.2) is 4.98 Å². The van der Waals surface area contributed by atoms with E-state index in [4.69, 9.17) is 14.3 Å². The molecule has 0 aliphatic carbocycles. The van der Waals surface area contributed by atoms with Crippen molar-refractivity contribution in [2.24, 2.45) is 5.16 Å². The van der Waals surface area contributed by atoms with Gasteiger partial charge in [-0.15, -0.1) is 0 Å². The maximum Gasteiger partial charge on any atom is 0.208 e. The summed E-state index contributed by atoms with van der Waals surface area (Å²) < 4.78 is 12.9. The minimum Gasteiger partial charge on any atom is -0.495 e. The molecule has 1 aromatic heterocycles. The molecule has 3 aromatic rings. The quantitative estimate of drug-likeness (QED) is 0.356. The van der Waals surface area contributed by atoms with E-state index in [1.807, 2.05) is 48.0 Å². The lowest BCUT2D eigenvalue weighted by atomic mass is 10.0. The summed E-state index contributed by atoms with van der Waals surface area (Å²) in [6.07, 6.45) is 10.5. The van der Waals surface area contributed by atoms with E-state index in [-0.39, 0.29) is 0 Å². The highest BCUT2D eigenvalue weighted by Gasteiger charge is 2.40. The number of oxime groups is 1. The summed E-state index contributed by atoms with van der Waals surface area (Å²) in [5.41, 5.74) is 3.70. The summed E-state index contributed by atoms with van der Waals surface area (Å²) in [6.45, 7) is 5.56. The van der Waals surface area contributed by atoms with Crippen molar-refractivity contribution < 1.29 is 14.3 Å². The van der Waals surface area contributed by atoms with Gasteiger partial charge in [0.1, 0.15) is 5.75 Å². The SMILES string of the molecule is COCCCN1C(C=Cc2ccc(-n3cnc(C)c3)c(OC)c2)=NOC1(C)CCc1ccccc1. The van der Waals surface area contributed by atoms with Crippen molar-refractivity contribution >= 4 is 11.9 Å². The van der Waals surface area contributed by atoms with Crippen LogP contribution < -0.4 is 4.74 Å². The standard InChI is InChI=1S/C28H34N4O3/c1-22-20-31(21-29-22)25-13-11-24(19-26(25)34-4)12-14-27-30-35-28(2,32(27)17-8-18-33-3)16-15-23-9-6-5-7-10-23/h5-7,9-14,19-21H,8,15-18H2,1-4H3. The minimum absolute atomic E-state index is 0.510. The average molecular weight is 475 g/mol. The zero-order valence-electron chi connectivity index (χ0n) is 21.0. The molecule has 0 N–H and O–H groups in total. The highest BCUT2D eigenvalue weighted by molar-refractivity contribution is 5.97. The summed E-state index contributed by atoms with van der Waals surface area (Å²) >= 11 is 0. The Kier molecular flexibility index (Phi) is 7.87. The minimum atomic E-state index is -0.510. The maximum atomic E-state index is 6.02. The van der Waals surface area contributed by atoms with Crippen molar-refractivity contribution in [1.29, 1.82) is 0 Å².